The van der Waals surface area contributed by atoms with Crippen molar-refractivity contribution in [2.45, 2.75) is 6.92 Å². The van der Waals surface area contributed by atoms with Gasteiger partial charge in [-0.2, -0.15) is 0 Å². The first-order chi connectivity index (χ1) is 5.56. The number of alkyl halides is 1. The Balaban J connectivity index is 2.96. The molecule has 0 N–H and O–H groups in total. The van der Waals surface area contributed by atoms with E-state index in [1.165, 1.54) is 5.56 Å². The first kappa shape index (κ1) is 10.7. The molecule has 0 nitrogen and oxygen atoms in total. The van der Waals surface area contributed by atoms with E-state index >= 15 is 0 Å². The SMILES string of the molecule is Cc1cc[c]([Ge]([Cl])([Cl])[CH2]Cl)cc1. The summed E-state index contributed by atoms with van der Waals surface area (Å²) in [4.78, 5) is 0. The van der Waals surface area contributed by atoms with E-state index in [0.29, 0.717) is 4.71 Å². The Morgan fingerprint density at radius 3 is 2.08 bits per heavy atom. The van der Waals surface area contributed by atoms with Crippen LogP contribution in [-0.2, 0) is 0 Å². The topological polar surface area (TPSA) is 0 Å². The van der Waals surface area contributed by atoms with E-state index in [2.05, 4.69) is 0 Å². The van der Waals surface area contributed by atoms with Gasteiger partial charge < -0.3 is 0 Å². The minimum atomic E-state index is -2.86. The standard InChI is InChI=1S/C8H9Cl3Ge/c1-7-2-4-8(5-3-7)12(10,11)6-9/h2-5H,6H2,1H3. The molecule has 12 heavy (non-hydrogen) atoms. The van der Waals surface area contributed by atoms with Crippen molar-refractivity contribution in [3.05, 3.63) is 29.8 Å². The summed E-state index contributed by atoms with van der Waals surface area (Å²) in [5.74, 6) is 0. The Bertz CT molecular complexity index is 256. The van der Waals surface area contributed by atoms with Crippen LogP contribution >= 0.6 is 31.6 Å². The summed E-state index contributed by atoms with van der Waals surface area (Å²) in [6, 6.07) is 7.95. The molecule has 0 aromatic heterocycles. The van der Waals surface area contributed by atoms with Crippen molar-refractivity contribution in [1.29, 1.82) is 0 Å². The number of halogens is 3. The van der Waals surface area contributed by atoms with Crippen LogP contribution in [0.25, 0.3) is 0 Å². The molecule has 0 unspecified atom stereocenters. The first-order valence-electron chi connectivity index (χ1n) is 3.57. The van der Waals surface area contributed by atoms with Gasteiger partial charge in [0.05, 0.1) is 0 Å². The maximum absolute atomic E-state index is 6.12. The number of benzene rings is 1. The average molecular weight is 284 g/mol. The molecule has 0 radical (unpaired) electrons. The summed E-state index contributed by atoms with van der Waals surface area (Å²) in [6.07, 6.45) is 0. The summed E-state index contributed by atoms with van der Waals surface area (Å²) in [5.41, 5.74) is 1.21. The Kier molecular flexibility index (Phi) is 3.78. The van der Waals surface area contributed by atoms with Crippen LogP contribution < -0.4 is 4.40 Å². The number of rotatable bonds is 2. The summed E-state index contributed by atoms with van der Waals surface area (Å²) < 4.78 is 1.41. The summed E-state index contributed by atoms with van der Waals surface area (Å²) in [6.45, 7) is 2.03. The molecule has 1 aromatic carbocycles. The predicted molar refractivity (Wildman–Crippen MR) is 59.0 cm³/mol. The van der Waals surface area contributed by atoms with Crippen molar-refractivity contribution in [2.24, 2.45) is 0 Å². The Morgan fingerprint density at radius 1 is 1.17 bits per heavy atom. The zero-order chi connectivity index (χ0) is 9.19. The fraction of sp³-hybridized carbons (Fsp3) is 0.250. The van der Waals surface area contributed by atoms with E-state index in [1.807, 2.05) is 31.2 Å². The molecule has 0 saturated heterocycles. The quantitative estimate of drug-likeness (QED) is 0.578. The van der Waals surface area contributed by atoms with Crippen molar-refractivity contribution < 1.29 is 0 Å². The van der Waals surface area contributed by atoms with E-state index in [0.717, 1.165) is 4.40 Å². The van der Waals surface area contributed by atoms with E-state index in [4.69, 9.17) is 31.6 Å². The molecule has 1 aromatic rings. The van der Waals surface area contributed by atoms with E-state index in [9.17, 15) is 0 Å². The monoisotopic (exact) mass is 284 g/mol. The van der Waals surface area contributed by atoms with Crippen LogP contribution in [0.1, 0.15) is 5.56 Å². The molecule has 0 aliphatic carbocycles. The van der Waals surface area contributed by atoms with Gasteiger partial charge in [-0.25, -0.2) is 0 Å². The molecule has 0 bridgehead atoms. The van der Waals surface area contributed by atoms with Crippen LogP contribution in [0, 0.1) is 6.92 Å². The van der Waals surface area contributed by atoms with Crippen molar-refractivity contribution in [2.75, 3.05) is 4.71 Å². The molecule has 1 rings (SSSR count). The van der Waals surface area contributed by atoms with Gasteiger partial charge in [0.15, 0.2) is 0 Å². The molecule has 0 fully saturated rings. The third-order valence-electron chi connectivity index (χ3n) is 1.64. The Labute approximate surface area is 88.5 Å². The van der Waals surface area contributed by atoms with Crippen molar-refractivity contribution in [3.63, 3.8) is 0 Å². The molecule has 66 valence electrons. The van der Waals surface area contributed by atoms with Crippen molar-refractivity contribution >= 4 is 47.4 Å². The van der Waals surface area contributed by atoms with Crippen LogP contribution in [0.15, 0.2) is 24.3 Å². The zero-order valence-electron chi connectivity index (χ0n) is 6.65. The zero-order valence-corrected chi connectivity index (χ0v) is 11.0. The van der Waals surface area contributed by atoms with Crippen LogP contribution in [0.5, 0.6) is 0 Å². The molecular weight excluding hydrogens is 275 g/mol. The van der Waals surface area contributed by atoms with Gasteiger partial charge in [-0.15, -0.1) is 0 Å². The molecule has 0 amide bonds. The normalized spacial score (nSPS) is 11.7. The predicted octanol–water partition coefficient (Wildman–Crippen LogP) is 2.90. The van der Waals surface area contributed by atoms with E-state index in [-0.39, 0.29) is 0 Å². The molecule has 0 aliphatic rings. The molecule has 0 atom stereocenters. The molecule has 0 heterocycles. The summed E-state index contributed by atoms with van der Waals surface area (Å²) >= 11 is 2.83. The summed E-state index contributed by atoms with van der Waals surface area (Å²) in [5, 5.41) is 0. The van der Waals surface area contributed by atoms with Crippen molar-refractivity contribution in [1.82, 2.24) is 0 Å². The van der Waals surface area contributed by atoms with Crippen molar-refractivity contribution in [3.8, 4) is 0 Å². The molecule has 0 spiro atoms. The van der Waals surface area contributed by atoms with E-state index in [1.54, 1.807) is 0 Å². The Hall–Kier alpha value is 0.633. The van der Waals surface area contributed by atoms with Gasteiger partial charge in [0.25, 0.3) is 0 Å². The molecule has 4 heteroatoms. The number of hydrogen-bond acceptors (Lipinski definition) is 0. The van der Waals surface area contributed by atoms with Crippen LogP contribution in [0.3, 0.4) is 0 Å². The second-order valence-electron chi connectivity index (χ2n) is 2.70. The Morgan fingerprint density at radius 2 is 1.67 bits per heavy atom. The third kappa shape index (κ3) is 2.56. The second-order valence-corrected chi connectivity index (χ2v) is 16.5. The van der Waals surface area contributed by atoms with Crippen LogP contribution in [0.4, 0.5) is 0 Å². The summed E-state index contributed by atoms with van der Waals surface area (Å²) in [7, 11) is 12.2. The van der Waals surface area contributed by atoms with Crippen LogP contribution in [-0.4, -0.2) is 16.1 Å². The van der Waals surface area contributed by atoms with Gasteiger partial charge in [0.1, 0.15) is 0 Å². The van der Waals surface area contributed by atoms with Gasteiger partial charge in [0, 0.05) is 0 Å². The minimum absolute atomic E-state index is 0.381. The third-order valence-corrected chi connectivity index (χ3v) is 12.0. The van der Waals surface area contributed by atoms with Crippen LogP contribution in [0.2, 0.25) is 0 Å². The maximum atomic E-state index is 6.12. The number of hydrogen-bond donors (Lipinski definition) is 0. The van der Waals surface area contributed by atoms with Gasteiger partial charge in [-0.1, -0.05) is 0 Å². The first-order valence-corrected chi connectivity index (χ1v) is 12.2. The van der Waals surface area contributed by atoms with Gasteiger partial charge >= 0.3 is 88.9 Å². The fourth-order valence-electron chi connectivity index (χ4n) is 0.875. The van der Waals surface area contributed by atoms with Gasteiger partial charge in [-0.3, -0.25) is 0 Å². The fourth-order valence-corrected chi connectivity index (χ4v) is 4.68. The number of aryl methyl sites for hydroxylation is 1. The van der Waals surface area contributed by atoms with E-state index < -0.39 is 11.4 Å². The molecule has 0 saturated carbocycles. The van der Waals surface area contributed by atoms with Gasteiger partial charge in [-0.05, 0) is 0 Å². The average Bonchev–Trinajstić information content (AvgIpc) is 2.05. The molecular formula is C8H9Cl3Ge. The van der Waals surface area contributed by atoms with Gasteiger partial charge in [0.2, 0.25) is 0 Å². The molecule has 0 aliphatic heterocycles. The second kappa shape index (κ2) is 4.23.